The van der Waals surface area contributed by atoms with E-state index in [2.05, 4.69) is 5.32 Å². The first-order chi connectivity index (χ1) is 11.1. The number of hydrogen-bond donors (Lipinski definition) is 2. The summed E-state index contributed by atoms with van der Waals surface area (Å²) in [6, 6.07) is 11.6. The largest absolute Gasteiger partial charge is 0.493 e. The van der Waals surface area contributed by atoms with Crippen LogP contribution in [0.25, 0.3) is 0 Å². The van der Waals surface area contributed by atoms with Crippen LogP contribution in [0.3, 0.4) is 0 Å². The van der Waals surface area contributed by atoms with E-state index in [0.717, 1.165) is 11.4 Å². The maximum Gasteiger partial charge on any atom is 0.162 e. The number of halogens is 1. The number of anilines is 2. The predicted octanol–water partition coefficient (Wildman–Crippen LogP) is 3.15. The molecule has 5 nitrogen and oxygen atoms in total. The van der Waals surface area contributed by atoms with Gasteiger partial charge in [-0.1, -0.05) is 0 Å². The molecule has 122 valence electrons. The first-order valence-electron chi connectivity index (χ1n) is 6.99. The maximum atomic E-state index is 13.0. The van der Waals surface area contributed by atoms with E-state index in [1.54, 1.807) is 26.4 Å². The summed E-state index contributed by atoms with van der Waals surface area (Å²) in [6.45, 7) is 0. The molecule has 23 heavy (non-hydrogen) atoms. The molecule has 0 saturated carbocycles. The second kappa shape index (κ2) is 7.40. The topological polar surface area (TPSA) is 59.8 Å². The number of ether oxygens (including phenoxy) is 2. The zero-order valence-corrected chi connectivity index (χ0v) is 13.3. The van der Waals surface area contributed by atoms with Gasteiger partial charge in [-0.2, -0.15) is 0 Å². The molecule has 0 fully saturated rings. The number of hydrogen-bond acceptors (Lipinski definition) is 5. The van der Waals surface area contributed by atoms with Crippen LogP contribution in [0.15, 0.2) is 54.5 Å². The number of benzene rings is 2. The van der Waals surface area contributed by atoms with E-state index in [9.17, 15) is 4.39 Å². The van der Waals surface area contributed by atoms with Gasteiger partial charge < -0.3 is 25.4 Å². The monoisotopic (exact) mass is 317 g/mol. The lowest BCUT2D eigenvalue weighted by molar-refractivity contribution is 0.355. The van der Waals surface area contributed by atoms with Crippen molar-refractivity contribution in [3.05, 3.63) is 60.3 Å². The molecule has 2 rings (SSSR count). The van der Waals surface area contributed by atoms with Crippen LogP contribution >= 0.6 is 0 Å². The Morgan fingerprint density at radius 1 is 1.09 bits per heavy atom. The standard InChI is InChI=1S/C17H20FN3O2/c1-21(14-8-9-15(22-2)16(10-14)23-3)17(11-19)20-13-6-4-12(18)5-7-13/h4-11,20H,19H2,1-3H3/b17-11+. The second-order valence-electron chi connectivity index (χ2n) is 4.78. The molecule has 2 aromatic rings. The molecule has 0 unspecified atom stereocenters. The SMILES string of the molecule is COc1ccc(N(C)/C(=C/N)Nc2ccc(F)cc2)cc1OC. The highest BCUT2D eigenvalue weighted by molar-refractivity contribution is 5.62. The fraction of sp³-hybridized carbons (Fsp3) is 0.176. The van der Waals surface area contributed by atoms with Gasteiger partial charge in [0.05, 0.1) is 14.2 Å². The average molecular weight is 317 g/mol. The third-order valence-electron chi connectivity index (χ3n) is 3.39. The Morgan fingerprint density at radius 3 is 2.30 bits per heavy atom. The molecule has 0 saturated heterocycles. The molecule has 3 N–H and O–H groups in total. The second-order valence-corrected chi connectivity index (χ2v) is 4.78. The molecule has 0 heterocycles. The Balaban J connectivity index is 2.22. The van der Waals surface area contributed by atoms with Gasteiger partial charge in [-0.05, 0) is 36.4 Å². The Hall–Kier alpha value is -2.89. The van der Waals surface area contributed by atoms with Gasteiger partial charge in [0, 0.05) is 30.7 Å². The molecule has 0 aliphatic rings. The van der Waals surface area contributed by atoms with E-state index in [0.29, 0.717) is 17.3 Å². The summed E-state index contributed by atoms with van der Waals surface area (Å²) in [4.78, 5) is 1.85. The van der Waals surface area contributed by atoms with Crippen LogP contribution in [0.4, 0.5) is 15.8 Å². The Kier molecular flexibility index (Phi) is 5.30. The molecule has 0 aromatic heterocycles. The summed E-state index contributed by atoms with van der Waals surface area (Å²) in [5, 5.41) is 3.14. The fourth-order valence-corrected chi connectivity index (χ4v) is 2.09. The van der Waals surface area contributed by atoms with Crippen LogP contribution in [0.5, 0.6) is 11.5 Å². The van der Waals surface area contributed by atoms with Crippen molar-refractivity contribution in [3.63, 3.8) is 0 Å². The summed E-state index contributed by atoms with van der Waals surface area (Å²) in [6.07, 6.45) is 1.44. The van der Waals surface area contributed by atoms with Crippen LogP contribution in [-0.2, 0) is 0 Å². The average Bonchev–Trinajstić information content (AvgIpc) is 2.60. The van der Waals surface area contributed by atoms with Crippen molar-refractivity contribution in [1.82, 2.24) is 0 Å². The van der Waals surface area contributed by atoms with E-state index in [1.807, 2.05) is 30.1 Å². The molecular formula is C17H20FN3O2. The normalized spacial score (nSPS) is 11.0. The number of rotatable bonds is 6. The lowest BCUT2D eigenvalue weighted by atomic mass is 10.2. The zero-order chi connectivity index (χ0) is 16.8. The highest BCUT2D eigenvalue weighted by Crippen LogP contribution is 2.32. The molecule has 0 amide bonds. The first-order valence-corrected chi connectivity index (χ1v) is 6.99. The van der Waals surface area contributed by atoms with E-state index in [1.165, 1.54) is 18.3 Å². The van der Waals surface area contributed by atoms with Crippen LogP contribution in [0, 0.1) is 5.82 Å². The van der Waals surface area contributed by atoms with Crippen LogP contribution in [0.2, 0.25) is 0 Å². The van der Waals surface area contributed by atoms with Gasteiger partial charge in [0.2, 0.25) is 0 Å². The molecule has 6 heteroatoms. The maximum absolute atomic E-state index is 13.0. The molecule has 0 radical (unpaired) electrons. The van der Waals surface area contributed by atoms with Crippen molar-refractivity contribution >= 4 is 11.4 Å². The molecule has 0 bridgehead atoms. The number of nitrogens with zero attached hydrogens (tertiary/aromatic N) is 1. The van der Waals surface area contributed by atoms with Gasteiger partial charge in [-0.3, -0.25) is 0 Å². The summed E-state index contributed by atoms with van der Waals surface area (Å²) in [7, 11) is 5.02. The summed E-state index contributed by atoms with van der Waals surface area (Å²) < 4.78 is 23.5. The quantitative estimate of drug-likeness (QED) is 0.857. The van der Waals surface area contributed by atoms with Gasteiger partial charge in [0.25, 0.3) is 0 Å². The number of methoxy groups -OCH3 is 2. The minimum atomic E-state index is -0.290. The first kappa shape index (κ1) is 16.5. The summed E-state index contributed by atoms with van der Waals surface area (Å²) in [5.41, 5.74) is 7.31. The van der Waals surface area contributed by atoms with Crippen LogP contribution < -0.4 is 25.4 Å². The smallest absolute Gasteiger partial charge is 0.162 e. The Morgan fingerprint density at radius 2 is 1.74 bits per heavy atom. The lowest BCUT2D eigenvalue weighted by Gasteiger charge is -2.24. The molecule has 0 aliphatic carbocycles. The number of nitrogens with two attached hydrogens (primary N) is 1. The van der Waals surface area contributed by atoms with E-state index in [-0.39, 0.29) is 5.82 Å². The van der Waals surface area contributed by atoms with Crippen LogP contribution in [0.1, 0.15) is 0 Å². The highest BCUT2D eigenvalue weighted by atomic mass is 19.1. The van der Waals surface area contributed by atoms with E-state index < -0.39 is 0 Å². The third kappa shape index (κ3) is 3.85. The van der Waals surface area contributed by atoms with Crippen molar-refractivity contribution in [2.24, 2.45) is 5.73 Å². The highest BCUT2D eigenvalue weighted by Gasteiger charge is 2.11. The van der Waals surface area contributed by atoms with Crippen molar-refractivity contribution in [1.29, 1.82) is 0 Å². The van der Waals surface area contributed by atoms with Crippen molar-refractivity contribution in [3.8, 4) is 11.5 Å². The summed E-state index contributed by atoms with van der Waals surface area (Å²) in [5.74, 6) is 1.62. The Labute approximate surface area is 135 Å². The molecule has 0 spiro atoms. The van der Waals surface area contributed by atoms with E-state index >= 15 is 0 Å². The Bertz CT molecular complexity index is 687. The van der Waals surface area contributed by atoms with Gasteiger partial charge in [-0.15, -0.1) is 0 Å². The van der Waals surface area contributed by atoms with Crippen molar-refractivity contribution < 1.29 is 13.9 Å². The van der Waals surface area contributed by atoms with Crippen molar-refractivity contribution in [2.75, 3.05) is 31.5 Å². The predicted molar refractivity (Wildman–Crippen MR) is 90.2 cm³/mol. The van der Waals surface area contributed by atoms with Crippen LogP contribution in [-0.4, -0.2) is 21.3 Å². The minimum absolute atomic E-state index is 0.290. The minimum Gasteiger partial charge on any atom is -0.493 e. The molecule has 0 atom stereocenters. The van der Waals surface area contributed by atoms with Gasteiger partial charge in [0.15, 0.2) is 11.5 Å². The molecule has 0 aliphatic heterocycles. The van der Waals surface area contributed by atoms with Gasteiger partial charge >= 0.3 is 0 Å². The molecular weight excluding hydrogens is 297 g/mol. The zero-order valence-electron chi connectivity index (χ0n) is 13.3. The fourth-order valence-electron chi connectivity index (χ4n) is 2.09. The van der Waals surface area contributed by atoms with Gasteiger partial charge in [-0.25, -0.2) is 4.39 Å². The lowest BCUT2D eigenvalue weighted by Crippen LogP contribution is -2.23. The van der Waals surface area contributed by atoms with Crippen molar-refractivity contribution in [2.45, 2.75) is 0 Å². The number of nitrogens with one attached hydrogen (secondary N) is 1. The molecule has 2 aromatic carbocycles. The van der Waals surface area contributed by atoms with Gasteiger partial charge in [0.1, 0.15) is 11.6 Å². The third-order valence-corrected chi connectivity index (χ3v) is 3.39. The van der Waals surface area contributed by atoms with E-state index in [4.69, 9.17) is 15.2 Å². The summed E-state index contributed by atoms with van der Waals surface area (Å²) >= 11 is 0.